The van der Waals surface area contributed by atoms with Crippen molar-refractivity contribution in [2.24, 2.45) is 0 Å². The van der Waals surface area contributed by atoms with Gasteiger partial charge < -0.3 is 9.47 Å². The lowest BCUT2D eigenvalue weighted by Crippen LogP contribution is -2.10. The zero-order chi connectivity index (χ0) is 8.10. The minimum absolute atomic E-state index is 0.212. The first kappa shape index (κ1) is 7.59. The second-order valence-electron chi connectivity index (χ2n) is 1.70. The highest BCUT2D eigenvalue weighted by Gasteiger charge is 2.04. The maximum atomic E-state index is 10.6. The van der Waals surface area contributed by atoms with Crippen LogP contribution in [0.25, 0.3) is 0 Å². The van der Waals surface area contributed by atoms with Crippen LogP contribution >= 0.6 is 0 Å². The Balaban J connectivity index is 2.37. The fourth-order valence-corrected chi connectivity index (χ4v) is 0.536. The Morgan fingerprint density at radius 2 is 2.64 bits per heavy atom. The first-order chi connectivity index (χ1) is 5.33. The molecule has 0 bridgehead atoms. The van der Waals surface area contributed by atoms with Crippen LogP contribution in [0.2, 0.25) is 0 Å². The number of carbonyl (C=O) groups excluding carboxylic acids is 1. The summed E-state index contributed by atoms with van der Waals surface area (Å²) in [5.74, 6) is 0.212. The fourth-order valence-electron chi connectivity index (χ4n) is 0.536. The van der Waals surface area contributed by atoms with E-state index in [4.69, 9.17) is 0 Å². The van der Waals surface area contributed by atoms with Crippen LogP contribution in [0.5, 0.6) is 5.88 Å². The number of aromatic nitrogens is 2. The van der Waals surface area contributed by atoms with Gasteiger partial charge >= 0.3 is 6.16 Å². The molecule has 5 nitrogen and oxygen atoms in total. The summed E-state index contributed by atoms with van der Waals surface area (Å²) in [4.78, 5) is 10.6. The molecule has 0 unspecified atom stereocenters. The summed E-state index contributed by atoms with van der Waals surface area (Å²) in [5.41, 5.74) is 0. The Kier molecular flexibility index (Phi) is 2.48. The van der Waals surface area contributed by atoms with Crippen molar-refractivity contribution in [2.45, 2.75) is 6.92 Å². The first-order valence-electron chi connectivity index (χ1n) is 3.17. The van der Waals surface area contributed by atoms with E-state index in [1.165, 1.54) is 6.07 Å². The molecule has 11 heavy (non-hydrogen) atoms. The van der Waals surface area contributed by atoms with Gasteiger partial charge in [-0.15, -0.1) is 5.10 Å². The molecule has 0 saturated carbocycles. The normalized spacial score (nSPS) is 9.18. The number of carbonyl (C=O) groups is 1. The average molecular weight is 156 g/mol. The Labute approximate surface area is 63.3 Å². The molecule has 5 heteroatoms. The van der Waals surface area contributed by atoms with Crippen molar-refractivity contribution in [3.8, 4) is 5.88 Å². The van der Waals surface area contributed by atoms with Crippen LogP contribution in [-0.4, -0.2) is 23.0 Å². The molecule has 0 aliphatic rings. The molecule has 1 heterocycles. The lowest BCUT2D eigenvalue weighted by molar-refractivity contribution is 0.102. The molecule has 0 spiro atoms. The van der Waals surface area contributed by atoms with Crippen molar-refractivity contribution >= 4 is 6.16 Å². The largest absolute Gasteiger partial charge is 0.515 e. The lowest BCUT2D eigenvalue weighted by atomic mass is 10.7. The van der Waals surface area contributed by atoms with Gasteiger partial charge in [-0.05, 0) is 6.92 Å². The highest BCUT2D eigenvalue weighted by Crippen LogP contribution is 2.02. The van der Waals surface area contributed by atoms with Crippen LogP contribution < -0.4 is 4.74 Å². The summed E-state index contributed by atoms with van der Waals surface area (Å²) in [7, 11) is 0. The smallest absolute Gasteiger partial charge is 0.434 e. The molecular weight excluding hydrogens is 148 g/mol. The molecule has 0 radical (unpaired) electrons. The second-order valence-corrected chi connectivity index (χ2v) is 1.70. The molecular formula is C6H8N2O3. The Morgan fingerprint density at radius 1 is 1.82 bits per heavy atom. The minimum Gasteiger partial charge on any atom is -0.434 e. The fraction of sp³-hybridized carbons (Fsp3) is 0.333. The lowest BCUT2D eigenvalue weighted by Gasteiger charge is -1.98. The predicted octanol–water partition coefficient (Wildman–Crippen LogP) is 0.945. The second kappa shape index (κ2) is 3.60. The number of ether oxygens (including phenoxy) is 2. The summed E-state index contributed by atoms with van der Waals surface area (Å²) in [5, 5.41) is 6.08. The van der Waals surface area contributed by atoms with Gasteiger partial charge in [0.15, 0.2) is 0 Å². The summed E-state index contributed by atoms with van der Waals surface area (Å²) in [6.07, 6.45) is 0.814. The Bertz CT molecular complexity index is 220. The van der Waals surface area contributed by atoms with Crippen LogP contribution in [0.15, 0.2) is 12.3 Å². The minimum atomic E-state index is -0.736. The maximum absolute atomic E-state index is 10.6. The number of aromatic amines is 1. The van der Waals surface area contributed by atoms with E-state index in [-0.39, 0.29) is 5.88 Å². The van der Waals surface area contributed by atoms with Crippen LogP contribution in [0.1, 0.15) is 6.92 Å². The molecule has 0 amide bonds. The van der Waals surface area contributed by atoms with Crippen LogP contribution in [0.4, 0.5) is 4.79 Å². The standard InChI is InChI=1S/C6H8N2O3/c1-2-10-6(9)11-5-3-4-7-8-5/h3-4H,2H2,1H3,(H,7,8). The summed E-state index contributed by atoms with van der Waals surface area (Å²) < 4.78 is 9.09. The van der Waals surface area contributed by atoms with Crippen molar-refractivity contribution in [1.82, 2.24) is 10.2 Å². The number of nitrogens with one attached hydrogen (secondary N) is 1. The van der Waals surface area contributed by atoms with Crippen molar-refractivity contribution in [3.05, 3.63) is 12.3 Å². The quantitative estimate of drug-likeness (QED) is 0.647. The molecule has 0 saturated heterocycles. The van der Waals surface area contributed by atoms with Crippen molar-refractivity contribution in [1.29, 1.82) is 0 Å². The van der Waals surface area contributed by atoms with E-state index in [1.54, 1.807) is 13.1 Å². The van der Waals surface area contributed by atoms with E-state index >= 15 is 0 Å². The Morgan fingerprint density at radius 3 is 3.18 bits per heavy atom. The number of hydrogen-bond acceptors (Lipinski definition) is 4. The zero-order valence-electron chi connectivity index (χ0n) is 6.03. The predicted molar refractivity (Wildman–Crippen MR) is 36.2 cm³/mol. The van der Waals surface area contributed by atoms with Gasteiger partial charge in [0, 0.05) is 12.3 Å². The number of H-pyrrole nitrogens is 1. The summed E-state index contributed by atoms with van der Waals surface area (Å²) in [6.45, 7) is 2.00. The van der Waals surface area contributed by atoms with Gasteiger partial charge in [-0.2, -0.15) is 0 Å². The third-order valence-corrected chi connectivity index (χ3v) is 0.925. The monoisotopic (exact) mass is 156 g/mol. The van der Waals surface area contributed by atoms with Gasteiger partial charge in [0.2, 0.25) is 5.88 Å². The van der Waals surface area contributed by atoms with Crippen molar-refractivity contribution in [2.75, 3.05) is 6.61 Å². The molecule has 0 fully saturated rings. The number of hydrogen-bond donors (Lipinski definition) is 1. The molecule has 0 atom stereocenters. The van der Waals surface area contributed by atoms with Crippen LogP contribution in [0.3, 0.4) is 0 Å². The average Bonchev–Trinajstić information content (AvgIpc) is 2.40. The number of rotatable bonds is 2. The van der Waals surface area contributed by atoms with Gasteiger partial charge in [-0.25, -0.2) is 4.79 Å². The highest BCUT2D eigenvalue weighted by atomic mass is 16.7. The van der Waals surface area contributed by atoms with Gasteiger partial charge in [-0.1, -0.05) is 0 Å². The molecule has 1 aromatic rings. The van der Waals surface area contributed by atoms with Crippen LogP contribution in [-0.2, 0) is 4.74 Å². The molecule has 1 aromatic heterocycles. The van der Waals surface area contributed by atoms with Gasteiger partial charge in [0.1, 0.15) is 0 Å². The van der Waals surface area contributed by atoms with E-state index in [9.17, 15) is 4.79 Å². The van der Waals surface area contributed by atoms with Gasteiger partial charge in [-0.3, -0.25) is 5.10 Å². The van der Waals surface area contributed by atoms with E-state index in [1.807, 2.05) is 0 Å². The molecule has 60 valence electrons. The molecule has 0 aliphatic heterocycles. The van der Waals surface area contributed by atoms with E-state index < -0.39 is 6.16 Å². The molecule has 1 rings (SSSR count). The van der Waals surface area contributed by atoms with Crippen LogP contribution in [0, 0.1) is 0 Å². The van der Waals surface area contributed by atoms with Crippen molar-refractivity contribution in [3.63, 3.8) is 0 Å². The molecule has 0 aliphatic carbocycles. The Hall–Kier alpha value is -1.52. The van der Waals surface area contributed by atoms with Gasteiger partial charge in [0.05, 0.1) is 6.61 Å². The first-order valence-corrected chi connectivity index (χ1v) is 3.17. The number of nitrogens with zero attached hydrogens (tertiary/aromatic N) is 1. The summed E-state index contributed by atoms with van der Waals surface area (Å²) in [6, 6.07) is 1.52. The molecule has 0 aromatic carbocycles. The van der Waals surface area contributed by atoms with Crippen molar-refractivity contribution < 1.29 is 14.3 Å². The highest BCUT2D eigenvalue weighted by molar-refractivity contribution is 5.62. The zero-order valence-corrected chi connectivity index (χ0v) is 6.03. The topological polar surface area (TPSA) is 64.2 Å². The summed E-state index contributed by atoms with van der Waals surface area (Å²) >= 11 is 0. The maximum Gasteiger partial charge on any atom is 0.515 e. The third-order valence-electron chi connectivity index (χ3n) is 0.925. The van der Waals surface area contributed by atoms with Gasteiger partial charge in [0.25, 0.3) is 0 Å². The molecule has 1 N–H and O–H groups in total. The SMILES string of the molecule is CCOC(=O)Oc1cc[nH]n1. The van der Waals surface area contributed by atoms with E-state index in [2.05, 4.69) is 19.7 Å². The van der Waals surface area contributed by atoms with E-state index in [0.717, 1.165) is 0 Å². The van der Waals surface area contributed by atoms with E-state index in [0.29, 0.717) is 6.61 Å². The third kappa shape index (κ3) is 2.29.